The van der Waals surface area contributed by atoms with Crippen molar-refractivity contribution in [2.24, 2.45) is 0 Å². The normalized spacial score (nSPS) is 11.6. The molecule has 0 aliphatic carbocycles. The van der Waals surface area contributed by atoms with Gasteiger partial charge in [0.05, 0.1) is 18.7 Å². The Morgan fingerprint density at radius 2 is 1.94 bits per heavy atom. The first kappa shape index (κ1) is 21.3. The van der Waals surface area contributed by atoms with E-state index in [4.69, 9.17) is 12.6 Å². The quantitative estimate of drug-likeness (QED) is 0.415. The fourth-order valence-corrected chi connectivity index (χ4v) is 5.89. The Hall–Kier alpha value is -2.98. The number of halogens is 2. The van der Waals surface area contributed by atoms with Crippen molar-refractivity contribution in [3.8, 4) is 5.75 Å². The van der Waals surface area contributed by atoms with Crippen LogP contribution < -0.4 is 14.5 Å². The number of anilines is 1. The molecular formula is C21H15BF2N2O3S2. The van der Waals surface area contributed by atoms with E-state index in [-0.39, 0.29) is 27.5 Å². The Balaban J connectivity index is 1.89. The predicted molar refractivity (Wildman–Crippen MR) is 118 cm³/mol. The van der Waals surface area contributed by atoms with Crippen LogP contribution in [0.2, 0.25) is 0 Å². The van der Waals surface area contributed by atoms with Crippen LogP contribution >= 0.6 is 11.3 Å². The molecule has 4 aromatic rings. The lowest BCUT2D eigenvalue weighted by atomic mass is 9.94. The van der Waals surface area contributed by atoms with Crippen molar-refractivity contribution in [2.75, 3.05) is 11.4 Å². The molecule has 2 heterocycles. The molecular weight excluding hydrogens is 441 g/mol. The summed E-state index contributed by atoms with van der Waals surface area (Å²) in [5.41, 5.74) is 0.526. The summed E-state index contributed by atoms with van der Waals surface area (Å²) in [5.74, 6) is -1.48. The van der Waals surface area contributed by atoms with Crippen molar-refractivity contribution in [1.82, 2.24) is 4.98 Å². The summed E-state index contributed by atoms with van der Waals surface area (Å²) in [6.45, 7) is -0.247. The van der Waals surface area contributed by atoms with E-state index in [9.17, 15) is 17.2 Å². The van der Waals surface area contributed by atoms with Gasteiger partial charge in [0.1, 0.15) is 18.5 Å². The Morgan fingerprint density at radius 1 is 1.13 bits per heavy atom. The number of sulfonamides is 1. The van der Waals surface area contributed by atoms with Crippen molar-refractivity contribution >= 4 is 49.8 Å². The van der Waals surface area contributed by atoms with Crippen LogP contribution in [0.15, 0.2) is 65.8 Å². The molecule has 0 unspecified atom stereocenters. The van der Waals surface area contributed by atoms with E-state index in [0.717, 1.165) is 32.5 Å². The first-order valence-electron chi connectivity index (χ1n) is 9.04. The minimum atomic E-state index is -4.11. The number of methoxy groups -OCH3 is 1. The summed E-state index contributed by atoms with van der Waals surface area (Å²) >= 11 is 1.16. The summed E-state index contributed by atoms with van der Waals surface area (Å²) in [4.78, 5) is 3.84. The van der Waals surface area contributed by atoms with Crippen LogP contribution in [0.4, 0.5) is 13.8 Å². The second kappa shape index (κ2) is 8.28. The van der Waals surface area contributed by atoms with Crippen molar-refractivity contribution in [1.29, 1.82) is 0 Å². The second-order valence-electron chi connectivity index (χ2n) is 6.63. The molecule has 5 nitrogen and oxygen atoms in total. The number of fused-ring (bicyclic) bond motifs is 1. The SMILES string of the molecule is [B]c1c(N(Cc2ccc(F)c(F)c2)S(=O)(=O)c2cccnc2)sc2cc(OC)ccc12. The summed E-state index contributed by atoms with van der Waals surface area (Å²) in [5, 5.41) is 0.925. The third-order valence-corrected chi connectivity index (χ3v) is 7.71. The molecule has 0 N–H and O–H groups in total. The van der Waals surface area contributed by atoms with Gasteiger partial charge in [-0.2, -0.15) is 0 Å². The average Bonchev–Trinajstić information content (AvgIpc) is 3.10. The van der Waals surface area contributed by atoms with Gasteiger partial charge in [0.25, 0.3) is 10.0 Å². The van der Waals surface area contributed by atoms with Gasteiger partial charge >= 0.3 is 0 Å². The van der Waals surface area contributed by atoms with Crippen molar-refractivity contribution in [3.05, 3.63) is 78.1 Å². The number of pyridine rings is 1. The molecule has 4 rings (SSSR count). The average molecular weight is 456 g/mol. The first-order chi connectivity index (χ1) is 14.8. The molecule has 156 valence electrons. The molecule has 0 aliphatic rings. The molecule has 2 aromatic heterocycles. The molecule has 0 aliphatic heterocycles. The number of ether oxygens (including phenoxy) is 1. The zero-order valence-corrected chi connectivity index (χ0v) is 17.9. The fraction of sp³-hybridized carbons (Fsp3) is 0.0952. The maximum absolute atomic E-state index is 13.8. The lowest BCUT2D eigenvalue weighted by Gasteiger charge is -2.24. The minimum Gasteiger partial charge on any atom is -0.497 e. The smallest absolute Gasteiger partial charge is 0.266 e. The van der Waals surface area contributed by atoms with Crippen molar-refractivity contribution in [3.63, 3.8) is 0 Å². The van der Waals surface area contributed by atoms with E-state index >= 15 is 0 Å². The zero-order chi connectivity index (χ0) is 22.2. The molecule has 0 atom stereocenters. The number of thiophene rings is 1. The van der Waals surface area contributed by atoms with E-state index in [2.05, 4.69) is 4.98 Å². The lowest BCUT2D eigenvalue weighted by molar-refractivity contribution is 0.415. The van der Waals surface area contributed by atoms with Gasteiger partial charge in [-0.15, -0.1) is 11.3 Å². The highest BCUT2D eigenvalue weighted by Crippen LogP contribution is 2.35. The fourth-order valence-electron chi connectivity index (χ4n) is 3.09. The highest BCUT2D eigenvalue weighted by Gasteiger charge is 2.29. The Bertz CT molecular complexity index is 1360. The van der Waals surface area contributed by atoms with Gasteiger partial charge in [-0.3, -0.25) is 9.29 Å². The van der Waals surface area contributed by atoms with Gasteiger partial charge in [-0.05, 0) is 47.3 Å². The summed E-state index contributed by atoms with van der Waals surface area (Å²) in [6, 6.07) is 11.4. The molecule has 31 heavy (non-hydrogen) atoms. The van der Waals surface area contributed by atoms with Gasteiger partial charge in [0.2, 0.25) is 0 Å². The Morgan fingerprint density at radius 3 is 2.61 bits per heavy atom. The molecule has 0 bridgehead atoms. The number of aromatic nitrogens is 1. The van der Waals surface area contributed by atoms with Crippen LogP contribution in [0, 0.1) is 11.6 Å². The maximum Gasteiger partial charge on any atom is 0.266 e. The van der Waals surface area contributed by atoms with Crippen LogP contribution in [-0.2, 0) is 16.6 Å². The largest absolute Gasteiger partial charge is 0.497 e. The van der Waals surface area contributed by atoms with E-state index in [1.165, 1.54) is 37.7 Å². The molecule has 2 radical (unpaired) electrons. The van der Waals surface area contributed by atoms with Crippen molar-refractivity contribution < 1.29 is 21.9 Å². The number of hydrogen-bond acceptors (Lipinski definition) is 5. The summed E-state index contributed by atoms with van der Waals surface area (Å²) < 4.78 is 61.2. The second-order valence-corrected chi connectivity index (χ2v) is 9.52. The third kappa shape index (κ3) is 4.00. The number of hydrogen-bond donors (Lipinski definition) is 0. The zero-order valence-electron chi connectivity index (χ0n) is 16.2. The molecule has 10 heteroatoms. The monoisotopic (exact) mass is 456 g/mol. The number of nitrogens with zero attached hydrogens (tertiary/aromatic N) is 2. The molecule has 0 spiro atoms. The minimum absolute atomic E-state index is 0.0491. The van der Waals surface area contributed by atoms with Gasteiger partial charge in [0, 0.05) is 17.1 Å². The van der Waals surface area contributed by atoms with E-state index in [1.807, 2.05) is 0 Å². The lowest BCUT2D eigenvalue weighted by Crippen LogP contribution is -2.33. The van der Waals surface area contributed by atoms with Crippen LogP contribution in [0.25, 0.3) is 10.1 Å². The van der Waals surface area contributed by atoms with Gasteiger partial charge < -0.3 is 4.74 Å². The van der Waals surface area contributed by atoms with Crippen molar-refractivity contribution in [2.45, 2.75) is 11.4 Å². The van der Waals surface area contributed by atoms with Crippen LogP contribution in [0.5, 0.6) is 5.75 Å². The van der Waals surface area contributed by atoms with Gasteiger partial charge in [0.15, 0.2) is 11.6 Å². The Labute approximate surface area is 183 Å². The highest BCUT2D eigenvalue weighted by atomic mass is 32.2. The molecule has 0 saturated carbocycles. The van der Waals surface area contributed by atoms with Crippen LogP contribution in [0.3, 0.4) is 0 Å². The van der Waals surface area contributed by atoms with E-state index < -0.39 is 21.7 Å². The number of benzene rings is 2. The third-order valence-electron chi connectivity index (χ3n) is 4.68. The predicted octanol–water partition coefficient (Wildman–Crippen LogP) is 3.77. The summed E-state index contributed by atoms with van der Waals surface area (Å²) in [6.07, 6.45) is 2.68. The summed E-state index contributed by atoms with van der Waals surface area (Å²) in [7, 11) is 3.75. The van der Waals surface area contributed by atoms with Gasteiger partial charge in [-0.1, -0.05) is 17.6 Å². The topological polar surface area (TPSA) is 59.5 Å². The first-order valence-corrected chi connectivity index (χ1v) is 11.3. The Kier molecular flexibility index (Phi) is 5.68. The van der Waals surface area contributed by atoms with E-state index in [0.29, 0.717) is 11.1 Å². The highest BCUT2D eigenvalue weighted by molar-refractivity contribution is 7.93. The van der Waals surface area contributed by atoms with Crippen LogP contribution in [-0.4, -0.2) is 28.4 Å². The maximum atomic E-state index is 13.8. The molecule has 2 aromatic carbocycles. The molecule has 0 amide bonds. The molecule has 0 fully saturated rings. The number of rotatable bonds is 6. The van der Waals surface area contributed by atoms with E-state index in [1.54, 1.807) is 18.2 Å². The molecule has 0 saturated heterocycles. The van der Waals surface area contributed by atoms with Crippen LogP contribution in [0.1, 0.15) is 5.56 Å². The van der Waals surface area contributed by atoms with Gasteiger partial charge in [-0.25, -0.2) is 17.2 Å². The standard InChI is InChI=1S/C21H15BF2N2O3S2/c1-29-14-5-6-16-19(10-14)30-21(20(16)22)26(12-13-4-7-17(23)18(24)9-13)31(27,28)15-3-2-8-25-11-15/h2-11H,12H2,1H3.